The first-order valence-electron chi connectivity index (χ1n) is 0.943. The van der Waals surface area contributed by atoms with Gasteiger partial charge < -0.3 is 9.59 Å². The molecule has 2 nitrogen and oxygen atoms in total. The fraction of sp³-hybridized carbons (Fsp3) is 0. The average molecular weight is 218 g/mol. The van der Waals surface area contributed by atoms with Crippen LogP contribution in [0.5, 0.6) is 0 Å². The molecule has 0 saturated heterocycles. The van der Waals surface area contributed by atoms with E-state index in [0.29, 0.717) is 0 Å². The van der Waals surface area contributed by atoms with Gasteiger partial charge in [0.15, 0.2) is 0 Å². The SMILES string of the molecule is [Cu+2].[O-][SiH]=S.[O-][SiH]=S. The minimum absolute atomic E-state index is 0. The maximum atomic E-state index is 8.83. The number of rotatable bonds is 0. The number of hydrogen-bond donors (Lipinski definition) is 0. The first-order valence-corrected chi connectivity index (χ1v) is 5.66. The summed E-state index contributed by atoms with van der Waals surface area (Å²) in [6.07, 6.45) is 0. The maximum Gasteiger partial charge on any atom is 2.00 e. The standard InChI is InChI=1S/Cu.2HOSSi/c;2*1-3-2/h;2*3H/q+2;2*-1. The minimum atomic E-state index is -0.917. The van der Waals surface area contributed by atoms with Gasteiger partial charge in [0.25, 0.3) is 0 Å². The average Bonchev–Trinajstić information content (AvgIpc) is 1.39. The van der Waals surface area contributed by atoms with Gasteiger partial charge in [-0.15, -0.1) is 0 Å². The van der Waals surface area contributed by atoms with Crippen LogP contribution in [0.15, 0.2) is 0 Å². The Labute approximate surface area is 66.8 Å². The van der Waals surface area contributed by atoms with Crippen molar-refractivity contribution in [2.24, 2.45) is 0 Å². The van der Waals surface area contributed by atoms with Crippen molar-refractivity contribution < 1.29 is 26.7 Å². The van der Waals surface area contributed by atoms with Crippen molar-refractivity contribution in [1.29, 1.82) is 0 Å². The van der Waals surface area contributed by atoms with Gasteiger partial charge in [0.2, 0.25) is 0 Å². The van der Waals surface area contributed by atoms with Crippen LogP contribution in [0.25, 0.3) is 0 Å². The molecule has 0 heterocycles. The van der Waals surface area contributed by atoms with Crippen molar-refractivity contribution in [2.45, 2.75) is 0 Å². The van der Waals surface area contributed by atoms with E-state index in [1.165, 1.54) is 0 Å². The molecule has 45 valence electrons. The van der Waals surface area contributed by atoms with Gasteiger partial charge in [0.05, 0.1) is 0 Å². The van der Waals surface area contributed by atoms with E-state index in [4.69, 9.17) is 9.59 Å². The summed E-state index contributed by atoms with van der Waals surface area (Å²) in [5, 5.41) is 0. The molecule has 0 aromatic carbocycles. The van der Waals surface area contributed by atoms with Crippen molar-refractivity contribution in [3.8, 4) is 0 Å². The molecule has 0 rings (SSSR count). The van der Waals surface area contributed by atoms with E-state index in [0.717, 1.165) is 0 Å². The largest absolute Gasteiger partial charge is 2.00 e. The summed E-state index contributed by atoms with van der Waals surface area (Å²) in [4.78, 5) is 17.7. The second kappa shape index (κ2) is 28.0. The third kappa shape index (κ3) is 177. The van der Waals surface area contributed by atoms with Crippen LogP contribution < -0.4 is 9.59 Å². The summed E-state index contributed by atoms with van der Waals surface area (Å²) in [5.74, 6) is 0. The summed E-state index contributed by atoms with van der Waals surface area (Å²) in [7, 11) is -1.83. The summed E-state index contributed by atoms with van der Waals surface area (Å²) in [5.41, 5.74) is 0. The van der Waals surface area contributed by atoms with Gasteiger partial charge in [-0.05, 0) is 0 Å². The Morgan fingerprint density at radius 3 is 1.00 bits per heavy atom. The third-order valence-electron chi connectivity index (χ3n) is 0. The molecular weight excluding hydrogens is 216 g/mol. The minimum Gasteiger partial charge on any atom is -0.883 e. The topological polar surface area (TPSA) is 46.1 Å². The van der Waals surface area contributed by atoms with Crippen LogP contribution in [0.2, 0.25) is 0 Å². The van der Waals surface area contributed by atoms with Gasteiger partial charge in [-0.2, -0.15) is 23.3 Å². The first-order chi connectivity index (χ1) is 2.83. The molecule has 7 heteroatoms. The maximum absolute atomic E-state index is 8.83. The normalized spacial score (nSPS) is 3.43. The molecule has 0 atom stereocenters. The summed E-state index contributed by atoms with van der Waals surface area (Å²) in [6, 6.07) is 0. The Morgan fingerprint density at radius 2 is 1.00 bits per heavy atom. The molecule has 0 bridgehead atoms. The van der Waals surface area contributed by atoms with E-state index in [2.05, 4.69) is 23.3 Å². The number of hydrogen-bond acceptors (Lipinski definition) is 4. The van der Waals surface area contributed by atoms with Gasteiger partial charge in [0.1, 0.15) is 0 Å². The molecule has 0 aliphatic carbocycles. The predicted molar refractivity (Wildman–Crippen MR) is 29.5 cm³/mol. The zero-order valence-corrected chi connectivity index (χ0v) is 7.97. The van der Waals surface area contributed by atoms with Crippen LogP contribution in [0.1, 0.15) is 0 Å². The second-order valence-corrected chi connectivity index (χ2v) is 1.73. The molecule has 1 radical (unpaired) electrons. The van der Waals surface area contributed by atoms with Gasteiger partial charge in [0, 0.05) is 16.9 Å². The van der Waals surface area contributed by atoms with Crippen molar-refractivity contribution in [3.05, 3.63) is 0 Å². The van der Waals surface area contributed by atoms with Gasteiger partial charge in [-0.25, -0.2) is 0 Å². The Balaban J connectivity index is -0.0000000400. The molecule has 0 saturated carbocycles. The van der Waals surface area contributed by atoms with Crippen LogP contribution in [0.4, 0.5) is 0 Å². The summed E-state index contributed by atoms with van der Waals surface area (Å²) >= 11 is 7.84. The molecule has 0 amide bonds. The van der Waals surface area contributed by atoms with Crippen LogP contribution in [0, 0.1) is 0 Å². The summed E-state index contributed by atoms with van der Waals surface area (Å²) < 4.78 is 0. The second-order valence-electron chi connectivity index (χ2n) is 0.192. The van der Waals surface area contributed by atoms with E-state index in [9.17, 15) is 0 Å². The molecule has 0 aromatic heterocycles. The van der Waals surface area contributed by atoms with E-state index < -0.39 is 16.9 Å². The fourth-order valence-electron chi connectivity index (χ4n) is 0. The Morgan fingerprint density at radius 1 is 1.00 bits per heavy atom. The van der Waals surface area contributed by atoms with Crippen molar-refractivity contribution >= 4 is 40.2 Å². The van der Waals surface area contributed by atoms with Crippen LogP contribution >= 0.6 is 23.3 Å². The summed E-state index contributed by atoms with van der Waals surface area (Å²) in [6.45, 7) is 0. The predicted octanol–water partition coefficient (Wildman–Crippen LogP) is -2.38. The van der Waals surface area contributed by atoms with E-state index in [1.54, 1.807) is 0 Å². The molecule has 0 aliphatic heterocycles. The molecule has 7 heavy (non-hydrogen) atoms. The molecule has 0 unspecified atom stereocenters. The van der Waals surface area contributed by atoms with Gasteiger partial charge in [-0.1, -0.05) is 0 Å². The zero-order chi connectivity index (χ0) is 5.41. The van der Waals surface area contributed by atoms with Gasteiger partial charge in [-0.3, -0.25) is 0 Å². The smallest absolute Gasteiger partial charge is 0.883 e. The Bertz CT molecular complexity index is 34.7. The molecule has 0 N–H and O–H groups in total. The molecule has 0 aromatic rings. The fourth-order valence-corrected chi connectivity index (χ4v) is 0. The van der Waals surface area contributed by atoms with Crippen molar-refractivity contribution in [3.63, 3.8) is 0 Å². The first kappa shape index (κ1) is 15.7. The van der Waals surface area contributed by atoms with E-state index >= 15 is 0 Å². The molecule has 0 aliphatic rings. The van der Waals surface area contributed by atoms with Crippen molar-refractivity contribution in [2.75, 3.05) is 0 Å². The van der Waals surface area contributed by atoms with Crippen LogP contribution in [-0.4, -0.2) is 16.9 Å². The van der Waals surface area contributed by atoms with Crippen LogP contribution in [-0.2, 0) is 17.1 Å². The Kier molecular flexibility index (Phi) is 62.8. The quantitative estimate of drug-likeness (QED) is 0.426. The van der Waals surface area contributed by atoms with Crippen LogP contribution in [0.3, 0.4) is 0 Å². The van der Waals surface area contributed by atoms with Gasteiger partial charge >= 0.3 is 17.1 Å². The monoisotopic (exact) mass is 217 g/mol. The van der Waals surface area contributed by atoms with Crippen molar-refractivity contribution in [1.82, 2.24) is 0 Å². The molecule has 0 spiro atoms. The molecule has 0 fully saturated rings. The molecular formula is H2CuO2S2Si2. The third-order valence-corrected chi connectivity index (χ3v) is 0. The zero-order valence-electron chi connectivity index (χ0n) is 3.09. The van der Waals surface area contributed by atoms with E-state index in [1.807, 2.05) is 0 Å². The Hall–Kier alpha value is 0.993. The van der Waals surface area contributed by atoms with E-state index in [-0.39, 0.29) is 17.1 Å².